The first-order valence-electron chi connectivity index (χ1n) is 9.79. The van der Waals surface area contributed by atoms with Crippen molar-refractivity contribution in [1.82, 2.24) is 20.4 Å². The molecule has 1 aliphatic carbocycles. The van der Waals surface area contributed by atoms with Gasteiger partial charge in [-0.3, -0.25) is 9.59 Å². The molecule has 0 saturated heterocycles. The molecule has 0 spiro atoms. The molecule has 3 aromatic rings. The molecule has 9 heteroatoms. The number of carbonyl (C=O) groups is 2. The third-order valence-corrected chi connectivity index (χ3v) is 5.83. The van der Waals surface area contributed by atoms with Gasteiger partial charge in [-0.1, -0.05) is 23.7 Å². The monoisotopic (exact) mass is 444 g/mol. The standard InChI is InChI=1S/C21H21ClN4O3S/c22-17-5-2-1-4-16(17)21-25-24-18(29-21)12-26(15-7-8-15)19(27)6-3-10-23-20(28)14-9-11-30-13-14/h1-2,4-5,9,11,13,15H,3,6-8,10,12H2,(H,23,28). The van der Waals surface area contributed by atoms with Crippen LogP contribution < -0.4 is 5.32 Å². The van der Waals surface area contributed by atoms with Gasteiger partial charge in [-0.2, -0.15) is 11.3 Å². The summed E-state index contributed by atoms with van der Waals surface area (Å²) < 4.78 is 5.75. The third-order valence-electron chi connectivity index (χ3n) is 4.82. The summed E-state index contributed by atoms with van der Waals surface area (Å²) in [6.45, 7) is 0.734. The molecule has 1 aliphatic rings. The minimum atomic E-state index is -0.110. The van der Waals surface area contributed by atoms with E-state index < -0.39 is 0 Å². The zero-order valence-corrected chi connectivity index (χ0v) is 17.8. The van der Waals surface area contributed by atoms with Crippen molar-refractivity contribution in [3.05, 3.63) is 57.6 Å². The SMILES string of the molecule is O=C(NCCCC(=O)N(Cc1nnc(-c2ccccc2Cl)o1)C1CC1)c1ccsc1. The normalized spacial score (nSPS) is 13.2. The van der Waals surface area contributed by atoms with E-state index in [1.165, 1.54) is 11.3 Å². The van der Waals surface area contributed by atoms with Crippen molar-refractivity contribution in [2.75, 3.05) is 6.54 Å². The molecular weight excluding hydrogens is 424 g/mol. The highest BCUT2D eigenvalue weighted by atomic mass is 35.5. The van der Waals surface area contributed by atoms with E-state index in [1.807, 2.05) is 23.6 Å². The van der Waals surface area contributed by atoms with Gasteiger partial charge in [-0.25, -0.2) is 0 Å². The minimum absolute atomic E-state index is 0.0276. The summed E-state index contributed by atoms with van der Waals surface area (Å²) in [4.78, 5) is 26.5. The lowest BCUT2D eigenvalue weighted by Crippen LogP contribution is -2.33. The highest BCUT2D eigenvalue weighted by molar-refractivity contribution is 7.08. The van der Waals surface area contributed by atoms with Crippen LogP contribution in [0.3, 0.4) is 0 Å². The van der Waals surface area contributed by atoms with E-state index in [0.29, 0.717) is 47.3 Å². The Balaban J connectivity index is 1.30. The van der Waals surface area contributed by atoms with Gasteiger partial charge in [0.2, 0.25) is 17.7 Å². The van der Waals surface area contributed by atoms with Crippen molar-refractivity contribution in [1.29, 1.82) is 0 Å². The number of amides is 2. The second-order valence-electron chi connectivity index (χ2n) is 7.11. The van der Waals surface area contributed by atoms with Crippen molar-refractivity contribution < 1.29 is 14.0 Å². The average Bonchev–Trinajstić information content (AvgIpc) is 3.24. The quantitative estimate of drug-likeness (QED) is 0.501. The topological polar surface area (TPSA) is 88.3 Å². The van der Waals surface area contributed by atoms with Crippen molar-refractivity contribution >= 4 is 34.8 Å². The minimum Gasteiger partial charge on any atom is -0.419 e. The molecule has 2 aromatic heterocycles. The second-order valence-corrected chi connectivity index (χ2v) is 8.29. The van der Waals surface area contributed by atoms with Gasteiger partial charge in [0.1, 0.15) is 0 Å². The van der Waals surface area contributed by atoms with Crippen LogP contribution >= 0.6 is 22.9 Å². The molecule has 1 N–H and O–H groups in total. The number of rotatable bonds is 9. The van der Waals surface area contributed by atoms with Crippen LogP contribution in [0.4, 0.5) is 0 Å². The third kappa shape index (κ3) is 5.06. The lowest BCUT2D eigenvalue weighted by Gasteiger charge is -2.20. The van der Waals surface area contributed by atoms with Crippen molar-refractivity contribution in [3.8, 4) is 11.5 Å². The van der Waals surface area contributed by atoms with Crippen LogP contribution in [-0.2, 0) is 11.3 Å². The van der Waals surface area contributed by atoms with Gasteiger partial charge in [-0.05, 0) is 42.8 Å². The van der Waals surface area contributed by atoms with Crippen LogP contribution in [0.1, 0.15) is 41.9 Å². The van der Waals surface area contributed by atoms with Gasteiger partial charge < -0.3 is 14.6 Å². The summed E-state index contributed by atoms with van der Waals surface area (Å²) >= 11 is 7.67. The molecule has 30 heavy (non-hydrogen) atoms. The number of benzene rings is 1. The van der Waals surface area contributed by atoms with E-state index in [-0.39, 0.29) is 24.4 Å². The predicted molar refractivity (Wildman–Crippen MR) is 114 cm³/mol. The fourth-order valence-corrected chi connectivity index (χ4v) is 3.95. The fraction of sp³-hybridized carbons (Fsp3) is 0.333. The van der Waals surface area contributed by atoms with E-state index in [9.17, 15) is 9.59 Å². The van der Waals surface area contributed by atoms with Crippen molar-refractivity contribution in [2.45, 2.75) is 38.3 Å². The summed E-state index contributed by atoms with van der Waals surface area (Å²) in [5, 5.41) is 15.2. The molecular formula is C21H21ClN4O3S. The van der Waals surface area contributed by atoms with E-state index >= 15 is 0 Å². The molecule has 0 bridgehead atoms. The van der Waals surface area contributed by atoms with Gasteiger partial charge >= 0.3 is 0 Å². The Morgan fingerprint density at radius 3 is 2.80 bits per heavy atom. The first-order valence-corrected chi connectivity index (χ1v) is 11.1. The van der Waals surface area contributed by atoms with Crippen LogP contribution in [0.15, 0.2) is 45.5 Å². The number of nitrogens with one attached hydrogen (secondary N) is 1. The molecule has 0 atom stereocenters. The summed E-state index contributed by atoms with van der Waals surface area (Å²) in [7, 11) is 0. The first-order chi connectivity index (χ1) is 14.6. The van der Waals surface area contributed by atoms with Crippen LogP contribution in [0, 0.1) is 0 Å². The molecule has 2 amide bonds. The maximum atomic E-state index is 12.7. The lowest BCUT2D eigenvalue weighted by molar-refractivity contribution is -0.132. The first kappa shape index (κ1) is 20.6. The van der Waals surface area contributed by atoms with Gasteiger partial charge in [0.15, 0.2) is 0 Å². The Kier molecular flexibility index (Phi) is 6.44. The number of hydrogen-bond donors (Lipinski definition) is 1. The smallest absolute Gasteiger partial charge is 0.252 e. The van der Waals surface area contributed by atoms with E-state index in [1.54, 1.807) is 22.4 Å². The number of aromatic nitrogens is 2. The molecule has 1 aromatic carbocycles. The van der Waals surface area contributed by atoms with E-state index in [0.717, 1.165) is 12.8 Å². The van der Waals surface area contributed by atoms with Gasteiger partial charge in [-0.15, -0.1) is 10.2 Å². The van der Waals surface area contributed by atoms with Crippen molar-refractivity contribution in [3.63, 3.8) is 0 Å². The van der Waals surface area contributed by atoms with Gasteiger partial charge in [0, 0.05) is 30.0 Å². The van der Waals surface area contributed by atoms with Crippen LogP contribution in [0.5, 0.6) is 0 Å². The predicted octanol–water partition coefficient (Wildman–Crippen LogP) is 4.15. The fourth-order valence-electron chi connectivity index (χ4n) is 3.09. The maximum absolute atomic E-state index is 12.7. The Morgan fingerprint density at radius 1 is 1.23 bits per heavy atom. The second kappa shape index (κ2) is 9.40. The molecule has 1 fully saturated rings. The Hall–Kier alpha value is -2.71. The van der Waals surface area contributed by atoms with E-state index in [4.69, 9.17) is 16.0 Å². The highest BCUT2D eigenvalue weighted by Gasteiger charge is 2.33. The van der Waals surface area contributed by atoms with Crippen LogP contribution in [-0.4, -0.2) is 39.5 Å². The summed E-state index contributed by atoms with van der Waals surface area (Å²) in [5.41, 5.74) is 1.32. The zero-order valence-electron chi connectivity index (χ0n) is 16.2. The number of nitrogens with zero attached hydrogens (tertiary/aromatic N) is 3. The molecule has 0 unspecified atom stereocenters. The highest BCUT2D eigenvalue weighted by Crippen LogP contribution is 2.30. The molecule has 2 heterocycles. The molecule has 4 rings (SSSR count). The largest absolute Gasteiger partial charge is 0.419 e. The number of carbonyl (C=O) groups excluding carboxylic acids is 2. The summed E-state index contributed by atoms with van der Waals surface area (Å²) in [6, 6.07) is 9.25. The van der Waals surface area contributed by atoms with Crippen molar-refractivity contribution in [2.24, 2.45) is 0 Å². The molecule has 1 saturated carbocycles. The van der Waals surface area contributed by atoms with Crippen LogP contribution in [0.25, 0.3) is 11.5 Å². The molecule has 156 valence electrons. The number of thiophene rings is 1. The Morgan fingerprint density at radius 2 is 2.07 bits per heavy atom. The van der Waals surface area contributed by atoms with Gasteiger partial charge in [0.05, 0.1) is 17.1 Å². The summed E-state index contributed by atoms with van der Waals surface area (Å²) in [6.07, 6.45) is 2.89. The Bertz CT molecular complexity index is 1020. The number of halogens is 1. The molecule has 0 aliphatic heterocycles. The molecule has 0 radical (unpaired) electrons. The lowest BCUT2D eigenvalue weighted by atomic mass is 10.2. The van der Waals surface area contributed by atoms with Gasteiger partial charge in [0.25, 0.3) is 5.91 Å². The summed E-state index contributed by atoms with van der Waals surface area (Å²) in [5.74, 6) is 0.645. The molecule has 7 nitrogen and oxygen atoms in total. The average molecular weight is 445 g/mol. The number of hydrogen-bond acceptors (Lipinski definition) is 6. The van der Waals surface area contributed by atoms with Crippen LogP contribution in [0.2, 0.25) is 5.02 Å². The zero-order chi connectivity index (χ0) is 20.9. The maximum Gasteiger partial charge on any atom is 0.252 e. The van der Waals surface area contributed by atoms with E-state index in [2.05, 4.69) is 15.5 Å². The Labute approximate surface area is 183 Å².